The minimum atomic E-state index is 0.608. The molecule has 0 saturated heterocycles. The number of benzene rings is 1. The lowest BCUT2D eigenvalue weighted by Gasteiger charge is -2.14. The number of anilines is 1. The number of hydrogen-bond donors (Lipinski definition) is 1. The second-order valence-electron chi connectivity index (χ2n) is 5.11. The van der Waals surface area contributed by atoms with Gasteiger partial charge in [-0.3, -0.25) is 4.99 Å². The summed E-state index contributed by atoms with van der Waals surface area (Å²) in [5, 5.41) is 5.11. The fourth-order valence-electron chi connectivity index (χ4n) is 1.99. The van der Waals surface area contributed by atoms with Crippen LogP contribution in [0.1, 0.15) is 25.0 Å². The summed E-state index contributed by atoms with van der Waals surface area (Å²) in [5.41, 5.74) is 3.65. The van der Waals surface area contributed by atoms with E-state index in [4.69, 9.17) is 0 Å². The zero-order valence-electron chi connectivity index (χ0n) is 11.2. The molecule has 1 aromatic carbocycles. The molecule has 1 heterocycles. The van der Waals surface area contributed by atoms with Crippen molar-refractivity contribution in [1.82, 2.24) is 0 Å². The highest BCUT2D eigenvalue weighted by Crippen LogP contribution is 2.32. The Balaban J connectivity index is 2.12. The topological polar surface area (TPSA) is 24.4 Å². The predicted octanol–water partition coefficient (Wildman–Crippen LogP) is 4.61. The molecule has 4 heteroatoms. The molecule has 2 rings (SSSR count). The molecule has 0 aromatic heterocycles. The van der Waals surface area contributed by atoms with Gasteiger partial charge in [0.2, 0.25) is 0 Å². The van der Waals surface area contributed by atoms with Gasteiger partial charge in [-0.15, -0.1) is 0 Å². The fraction of sp³-hybridized carbons (Fsp3) is 0.500. The molecule has 1 aromatic rings. The summed E-state index contributed by atoms with van der Waals surface area (Å²) in [5.74, 6) is 0.667. The number of aliphatic imine (C=N–C) groups is 1. The highest BCUT2D eigenvalue weighted by molar-refractivity contribution is 9.10. The van der Waals surface area contributed by atoms with Gasteiger partial charge in [0.15, 0.2) is 5.17 Å². The van der Waals surface area contributed by atoms with Gasteiger partial charge in [0.25, 0.3) is 0 Å². The Hall–Kier alpha value is -0.480. The van der Waals surface area contributed by atoms with Gasteiger partial charge in [-0.05, 0) is 52.9 Å². The SMILES string of the molecule is Cc1cc(C)c(NC2=NCC(C(C)C)S2)c(Br)c1. The van der Waals surface area contributed by atoms with Crippen molar-refractivity contribution in [1.29, 1.82) is 0 Å². The number of amidine groups is 1. The molecule has 18 heavy (non-hydrogen) atoms. The molecule has 1 aliphatic rings. The second-order valence-corrected chi connectivity index (χ2v) is 7.19. The quantitative estimate of drug-likeness (QED) is 0.858. The van der Waals surface area contributed by atoms with E-state index < -0.39 is 0 Å². The molecule has 0 fully saturated rings. The Bertz CT molecular complexity index is 460. The number of nitrogens with one attached hydrogen (secondary N) is 1. The largest absolute Gasteiger partial charge is 0.334 e. The maximum absolute atomic E-state index is 4.59. The normalized spacial score (nSPS) is 19.2. The van der Waals surface area contributed by atoms with Gasteiger partial charge in [-0.2, -0.15) is 0 Å². The third kappa shape index (κ3) is 3.09. The van der Waals surface area contributed by atoms with Crippen molar-refractivity contribution in [3.63, 3.8) is 0 Å². The number of halogens is 1. The van der Waals surface area contributed by atoms with Crippen molar-refractivity contribution in [2.24, 2.45) is 10.9 Å². The zero-order valence-corrected chi connectivity index (χ0v) is 13.7. The standard InChI is InChI=1S/C14H19BrN2S/c1-8(2)12-7-16-14(18-12)17-13-10(4)5-9(3)6-11(13)15/h5-6,8,12H,7H2,1-4H3,(H,16,17). The third-order valence-corrected chi connectivity index (χ3v) is 5.16. The summed E-state index contributed by atoms with van der Waals surface area (Å²) in [4.78, 5) is 4.59. The molecule has 2 nitrogen and oxygen atoms in total. The fourth-order valence-corrected chi connectivity index (χ4v) is 3.78. The van der Waals surface area contributed by atoms with Crippen LogP contribution in [0.4, 0.5) is 5.69 Å². The van der Waals surface area contributed by atoms with Gasteiger partial charge in [0, 0.05) is 9.72 Å². The minimum Gasteiger partial charge on any atom is -0.334 e. The minimum absolute atomic E-state index is 0.608. The Kier molecular flexibility index (Phi) is 4.38. The number of aryl methyl sites for hydroxylation is 2. The van der Waals surface area contributed by atoms with Crippen molar-refractivity contribution in [3.05, 3.63) is 27.7 Å². The van der Waals surface area contributed by atoms with Crippen LogP contribution in [0, 0.1) is 19.8 Å². The second kappa shape index (κ2) is 5.66. The number of nitrogens with zero attached hydrogens (tertiary/aromatic N) is 1. The molecule has 1 N–H and O–H groups in total. The third-order valence-electron chi connectivity index (χ3n) is 3.09. The van der Waals surface area contributed by atoms with E-state index in [1.807, 2.05) is 11.8 Å². The maximum atomic E-state index is 4.59. The van der Waals surface area contributed by atoms with Crippen LogP contribution < -0.4 is 5.32 Å². The average Bonchev–Trinajstić information content (AvgIpc) is 2.71. The smallest absolute Gasteiger partial charge is 0.161 e. The Labute approximate surface area is 122 Å². The van der Waals surface area contributed by atoms with Crippen LogP contribution in [-0.4, -0.2) is 17.0 Å². The Morgan fingerprint density at radius 3 is 2.67 bits per heavy atom. The molecule has 0 radical (unpaired) electrons. The van der Waals surface area contributed by atoms with Crippen molar-refractivity contribution >= 4 is 38.5 Å². The van der Waals surface area contributed by atoms with E-state index in [1.54, 1.807) is 0 Å². The summed E-state index contributed by atoms with van der Waals surface area (Å²) in [6.45, 7) is 9.66. The van der Waals surface area contributed by atoms with E-state index in [-0.39, 0.29) is 0 Å². The highest BCUT2D eigenvalue weighted by atomic mass is 79.9. The van der Waals surface area contributed by atoms with Gasteiger partial charge < -0.3 is 5.32 Å². The first-order valence-electron chi connectivity index (χ1n) is 6.22. The first-order chi connectivity index (χ1) is 8.47. The molecule has 1 aliphatic heterocycles. The predicted molar refractivity (Wildman–Crippen MR) is 85.8 cm³/mol. The number of thioether (sulfide) groups is 1. The van der Waals surface area contributed by atoms with Gasteiger partial charge >= 0.3 is 0 Å². The maximum Gasteiger partial charge on any atom is 0.161 e. The van der Waals surface area contributed by atoms with Gasteiger partial charge in [0.05, 0.1) is 12.2 Å². The van der Waals surface area contributed by atoms with Crippen LogP contribution in [0.3, 0.4) is 0 Å². The van der Waals surface area contributed by atoms with Crippen LogP contribution in [0.5, 0.6) is 0 Å². The Morgan fingerprint density at radius 1 is 1.39 bits per heavy atom. The van der Waals surface area contributed by atoms with Gasteiger partial charge in [-0.25, -0.2) is 0 Å². The van der Waals surface area contributed by atoms with Crippen molar-refractivity contribution in [2.45, 2.75) is 32.9 Å². The van der Waals surface area contributed by atoms with Gasteiger partial charge in [-0.1, -0.05) is 31.7 Å². The van der Waals surface area contributed by atoms with E-state index in [0.29, 0.717) is 11.2 Å². The van der Waals surface area contributed by atoms with Crippen LogP contribution in [-0.2, 0) is 0 Å². The van der Waals surface area contributed by atoms with E-state index >= 15 is 0 Å². The number of rotatable bonds is 2. The first kappa shape index (κ1) is 13.9. The summed E-state index contributed by atoms with van der Waals surface area (Å²) in [6, 6.07) is 4.32. The zero-order chi connectivity index (χ0) is 13.3. The lowest BCUT2D eigenvalue weighted by molar-refractivity contribution is 0.621. The van der Waals surface area contributed by atoms with E-state index in [2.05, 4.69) is 66.1 Å². The summed E-state index contributed by atoms with van der Waals surface area (Å²) < 4.78 is 1.11. The van der Waals surface area contributed by atoms with Crippen LogP contribution in [0.15, 0.2) is 21.6 Å². The van der Waals surface area contributed by atoms with E-state index in [1.165, 1.54) is 11.1 Å². The van der Waals surface area contributed by atoms with Crippen LogP contribution in [0.2, 0.25) is 0 Å². The van der Waals surface area contributed by atoms with Gasteiger partial charge in [0.1, 0.15) is 0 Å². The molecule has 98 valence electrons. The van der Waals surface area contributed by atoms with Crippen molar-refractivity contribution in [2.75, 3.05) is 11.9 Å². The molecule has 0 spiro atoms. The molecule has 0 bridgehead atoms. The van der Waals surface area contributed by atoms with E-state index in [9.17, 15) is 0 Å². The van der Waals surface area contributed by atoms with Crippen molar-refractivity contribution < 1.29 is 0 Å². The highest BCUT2D eigenvalue weighted by Gasteiger charge is 2.23. The molecule has 0 amide bonds. The molecular formula is C14H19BrN2S. The molecular weight excluding hydrogens is 308 g/mol. The van der Waals surface area contributed by atoms with Crippen molar-refractivity contribution in [3.8, 4) is 0 Å². The lowest BCUT2D eigenvalue weighted by Crippen LogP contribution is -2.13. The summed E-state index contributed by atoms with van der Waals surface area (Å²) >= 11 is 5.48. The summed E-state index contributed by atoms with van der Waals surface area (Å²) in [6.07, 6.45) is 0. The van der Waals surface area contributed by atoms with Crippen LogP contribution >= 0.6 is 27.7 Å². The first-order valence-corrected chi connectivity index (χ1v) is 7.89. The number of hydrogen-bond acceptors (Lipinski definition) is 3. The monoisotopic (exact) mass is 326 g/mol. The molecule has 0 aliphatic carbocycles. The van der Waals surface area contributed by atoms with E-state index in [0.717, 1.165) is 21.9 Å². The Morgan fingerprint density at radius 2 is 2.11 bits per heavy atom. The average molecular weight is 327 g/mol. The molecule has 1 unspecified atom stereocenters. The lowest BCUT2D eigenvalue weighted by atomic mass is 10.1. The van der Waals surface area contributed by atoms with Crippen LogP contribution in [0.25, 0.3) is 0 Å². The molecule has 1 atom stereocenters. The summed E-state index contributed by atoms with van der Waals surface area (Å²) in [7, 11) is 0. The molecule has 0 saturated carbocycles.